The molecule has 0 saturated carbocycles. The molecule has 1 atom stereocenters. The van der Waals surface area contributed by atoms with Crippen molar-refractivity contribution in [1.82, 2.24) is 5.32 Å². The number of carbonyl (C=O) groups excluding carboxylic acids is 1. The van der Waals surface area contributed by atoms with E-state index < -0.39 is 0 Å². The molecule has 116 valence electrons. The molecule has 4 nitrogen and oxygen atoms in total. The van der Waals surface area contributed by atoms with E-state index in [2.05, 4.69) is 12.2 Å². The lowest BCUT2D eigenvalue weighted by atomic mass is 10.0. The van der Waals surface area contributed by atoms with Crippen LogP contribution in [0.15, 0.2) is 30.3 Å². The molecule has 1 amide bonds. The van der Waals surface area contributed by atoms with Gasteiger partial charge in [0.1, 0.15) is 5.75 Å². The topological polar surface area (TPSA) is 58.6 Å². The number of aliphatic hydroxyl groups excluding tert-OH is 1. The highest BCUT2D eigenvalue weighted by molar-refractivity contribution is 5.91. The van der Waals surface area contributed by atoms with E-state index in [0.717, 1.165) is 24.2 Å². The minimum absolute atomic E-state index is 0.111. The second-order valence-electron chi connectivity index (χ2n) is 4.87. The smallest absolute Gasteiger partial charge is 0.244 e. The van der Waals surface area contributed by atoms with Crippen molar-refractivity contribution in [2.24, 2.45) is 5.92 Å². The van der Waals surface area contributed by atoms with Crippen LogP contribution in [0.2, 0.25) is 0 Å². The van der Waals surface area contributed by atoms with Crippen LogP contribution in [0.5, 0.6) is 5.75 Å². The first-order valence-electron chi connectivity index (χ1n) is 7.49. The van der Waals surface area contributed by atoms with Gasteiger partial charge in [-0.25, -0.2) is 0 Å². The van der Waals surface area contributed by atoms with Crippen molar-refractivity contribution in [3.8, 4) is 5.75 Å². The van der Waals surface area contributed by atoms with Crippen molar-refractivity contribution < 1.29 is 14.6 Å². The third-order valence-corrected chi connectivity index (χ3v) is 3.30. The molecule has 1 aromatic rings. The third-order valence-electron chi connectivity index (χ3n) is 3.30. The van der Waals surface area contributed by atoms with Crippen LogP contribution in [0, 0.1) is 5.92 Å². The van der Waals surface area contributed by atoms with E-state index in [1.54, 1.807) is 6.08 Å². The van der Waals surface area contributed by atoms with E-state index in [1.807, 2.05) is 31.2 Å². The lowest BCUT2D eigenvalue weighted by molar-refractivity contribution is -0.116. The molecule has 0 spiro atoms. The van der Waals surface area contributed by atoms with Gasteiger partial charge in [0.2, 0.25) is 5.91 Å². The molecule has 1 rings (SSSR count). The number of amides is 1. The Labute approximate surface area is 126 Å². The van der Waals surface area contributed by atoms with Crippen molar-refractivity contribution in [3.63, 3.8) is 0 Å². The Morgan fingerprint density at radius 3 is 2.62 bits per heavy atom. The number of nitrogens with one attached hydrogen (secondary N) is 1. The molecule has 2 N–H and O–H groups in total. The van der Waals surface area contributed by atoms with Crippen LogP contribution in [-0.4, -0.2) is 30.8 Å². The fraction of sp³-hybridized carbons (Fsp3) is 0.471. The van der Waals surface area contributed by atoms with Crippen molar-refractivity contribution in [2.75, 3.05) is 19.8 Å². The molecule has 0 radical (unpaired) electrons. The number of ether oxygens (including phenoxy) is 1. The van der Waals surface area contributed by atoms with Gasteiger partial charge in [0.25, 0.3) is 0 Å². The second-order valence-corrected chi connectivity index (χ2v) is 4.87. The van der Waals surface area contributed by atoms with E-state index >= 15 is 0 Å². The first-order valence-corrected chi connectivity index (χ1v) is 7.49. The van der Waals surface area contributed by atoms with Gasteiger partial charge < -0.3 is 15.2 Å². The Bertz CT molecular complexity index is 440. The maximum atomic E-state index is 11.7. The Hall–Kier alpha value is -1.81. The van der Waals surface area contributed by atoms with Crippen LogP contribution < -0.4 is 10.1 Å². The predicted octanol–water partition coefficient (Wildman–Crippen LogP) is 2.62. The molecule has 0 saturated heterocycles. The summed E-state index contributed by atoms with van der Waals surface area (Å²) >= 11 is 0. The fourth-order valence-corrected chi connectivity index (χ4v) is 1.95. The zero-order valence-electron chi connectivity index (χ0n) is 12.8. The average molecular weight is 291 g/mol. The maximum Gasteiger partial charge on any atom is 0.244 e. The summed E-state index contributed by atoms with van der Waals surface area (Å²) in [6, 6.07) is 7.59. The number of benzene rings is 1. The van der Waals surface area contributed by atoms with Gasteiger partial charge in [0.05, 0.1) is 6.61 Å². The maximum absolute atomic E-state index is 11.7. The summed E-state index contributed by atoms with van der Waals surface area (Å²) in [5, 5.41) is 11.8. The van der Waals surface area contributed by atoms with Gasteiger partial charge in [-0.05, 0) is 43.0 Å². The van der Waals surface area contributed by atoms with Gasteiger partial charge in [-0.1, -0.05) is 25.5 Å². The van der Waals surface area contributed by atoms with E-state index in [4.69, 9.17) is 9.84 Å². The monoisotopic (exact) mass is 291 g/mol. The summed E-state index contributed by atoms with van der Waals surface area (Å²) in [4.78, 5) is 11.7. The van der Waals surface area contributed by atoms with Crippen molar-refractivity contribution in [2.45, 2.75) is 26.7 Å². The first-order chi connectivity index (χ1) is 10.2. The molecule has 1 aromatic carbocycles. The van der Waals surface area contributed by atoms with Gasteiger partial charge in [-0.3, -0.25) is 4.79 Å². The Morgan fingerprint density at radius 1 is 1.33 bits per heavy atom. The number of hydrogen-bond donors (Lipinski definition) is 2. The predicted molar refractivity (Wildman–Crippen MR) is 85.1 cm³/mol. The average Bonchev–Trinajstić information content (AvgIpc) is 2.51. The normalized spacial score (nSPS) is 12.3. The molecule has 0 aromatic heterocycles. The lowest BCUT2D eigenvalue weighted by Gasteiger charge is -2.13. The SMILES string of the molecule is CCOc1ccc(/C=C/C(=O)NCC(CC)CCO)cc1. The summed E-state index contributed by atoms with van der Waals surface area (Å²) < 4.78 is 5.36. The highest BCUT2D eigenvalue weighted by atomic mass is 16.5. The quantitative estimate of drug-likeness (QED) is 0.688. The largest absolute Gasteiger partial charge is 0.494 e. The molecule has 0 aliphatic carbocycles. The van der Waals surface area contributed by atoms with Gasteiger partial charge >= 0.3 is 0 Å². The second kappa shape index (κ2) is 10.00. The van der Waals surface area contributed by atoms with Crippen LogP contribution in [0.3, 0.4) is 0 Å². The van der Waals surface area contributed by atoms with Crippen molar-refractivity contribution in [3.05, 3.63) is 35.9 Å². The summed E-state index contributed by atoms with van der Waals surface area (Å²) in [6.45, 7) is 5.41. The van der Waals surface area contributed by atoms with Crippen LogP contribution in [0.4, 0.5) is 0 Å². The molecule has 0 fully saturated rings. The van der Waals surface area contributed by atoms with E-state index in [-0.39, 0.29) is 12.5 Å². The molecule has 0 aliphatic rings. The Morgan fingerprint density at radius 2 is 2.05 bits per heavy atom. The Balaban J connectivity index is 2.42. The fourth-order valence-electron chi connectivity index (χ4n) is 1.95. The minimum atomic E-state index is -0.111. The van der Waals surface area contributed by atoms with Crippen molar-refractivity contribution >= 4 is 12.0 Å². The van der Waals surface area contributed by atoms with E-state index in [1.165, 1.54) is 6.08 Å². The number of carbonyl (C=O) groups is 1. The highest BCUT2D eigenvalue weighted by Crippen LogP contribution is 2.13. The van der Waals surface area contributed by atoms with Crippen LogP contribution >= 0.6 is 0 Å². The molecular weight excluding hydrogens is 266 g/mol. The highest BCUT2D eigenvalue weighted by Gasteiger charge is 2.06. The van der Waals surface area contributed by atoms with Gasteiger partial charge in [-0.15, -0.1) is 0 Å². The van der Waals surface area contributed by atoms with Crippen LogP contribution in [0.1, 0.15) is 32.3 Å². The number of hydrogen-bond acceptors (Lipinski definition) is 3. The van der Waals surface area contributed by atoms with Gasteiger partial charge in [0.15, 0.2) is 0 Å². The lowest BCUT2D eigenvalue weighted by Crippen LogP contribution is -2.28. The summed E-state index contributed by atoms with van der Waals surface area (Å²) in [7, 11) is 0. The van der Waals surface area contributed by atoms with Crippen molar-refractivity contribution in [1.29, 1.82) is 0 Å². The summed E-state index contributed by atoms with van der Waals surface area (Å²) in [5.74, 6) is 1.05. The standard InChI is InChI=1S/C17H25NO3/c1-3-14(11-12-19)13-18-17(20)10-7-15-5-8-16(9-6-15)21-4-2/h5-10,14,19H,3-4,11-13H2,1-2H3,(H,18,20)/b10-7+. The zero-order valence-corrected chi connectivity index (χ0v) is 12.8. The molecule has 4 heteroatoms. The van der Waals surface area contributed by atoms with Gasteiger partial charge in [-0.2, -0.15) is 0 Å². The van der Waals surface area contributed by atoms with E-state index in [9.17, 15) is 4.79 Å². The first kappa shape index (κ1) is 17.2. The molecule has 21 heavy (non-hydrogen) atoms. The van der Waals surface area contributed by atoms with E-state index in [0.29, 0.717) is 19.1 Å². The van der Waals surface area contributed by atoms with Gasteiger partial charge in [0, 0.05) is 19.2 Å². The molecule has 0 bridgehead atoms. The Kier molecular flexibility index (Phi) is 8.21. The molecule has 0 heterocycles. The molecule has 1 unspecified atom stereocenters. The number of rotatable bonds is 9. The molecular formula is C17H25NO3. The van der Waals surface area contributed by atoms with Crippen LogP contribution in [0.25, 0.3) is 6.08 Å². The summed E-state index contributed by atoms with van der Waals surface area (Å²) in [5.41, 5.74) is 0.955. The minimum Gasteiger partial charge on any atom is -0.494 e. The molecule has 0 aliphatic heterocycles. The summed E-state index contributed by atoms with van der Waals surface area (Å²) in [6.07, 6.45) is 4.97. The zero-order chi connectivity index (χ0) is 15.5. The number of aliphatic hydroxyl groups is 1. The third kappa shape index (κ3) is 6.95. The van der Waals surface area contributed by atoms with Crippen LogP contribution in [-0.2, 0) is 4.79 Å².